The van der Waals surface area contributed by atoms with Crippen molar-refractivity contribution in [3.63, 3.8) is 0 Å². The number of H-pyrrole nitrogens is 1. The van der Waals surface area contributed by atoms with Gasteiger partial charge >= 0.3 is 6.18 Å². The van der Waals surface area contributed by atoms with E-state index < -0.39 is 11.9 Å². The number of nitrogen functional groups attached to an aromatic ring is 2. The number of benzene rings is 1. The molecule has 0 radical (unpaired) electrons. The van der Waals surface area contributed by atoms with Gasteiger partial charge in [-0.15, -0.1) is 0 Å². The number of fused-ring (bicyclic) bond motifs is 3. The van der Waals surface area contributed by atoms with Crippen LogP contribution in [0.1, 0.15) is 35.2 Å². The van der Waals surface area contributed by atoms with Gasteiger partial charge in [-0.2, -0.15) is 18.3 Å². The molecule has 6 N–H and O–H groups in total. The molecule has 0 atom stereocenters. The van der Waals surface area contributed by atoms with Gasteiger partial charge in [0.2, 0.25) is 0 Å². The third kappa shape index (κ3) is 2.70. The van der Waals surface area contributed by atoms with Gasteiger partial charge in [-0.05, 0) is 48.9 Å². The van der Waals surface area contributed by atoms with Gasteiger partial charge in [0.25, 0.3) is 0 Å². The Bertz CT molecular complexity index is 1070. The molecule has 0 spiro atoms. The molecule has 0 saturated carbocycles. The fourth-order valence-electron chi connectivity index (χ4n) is 3.84. The van der Waals surface area contributed by atoms with E-state index in [4.69, 9.17) is 16.9 Å². The van der Waals surface area contributed by atoms with Gasteiger partial charge in [-0.3, -0.25) is 10.5 Å². The second kappa shape index (κ2) is 5.97. The summed E-state index contributed by atoms with van der Waals surface area (Å²) in [6, 6.07) is 3.23. The minimum absolute atomic E-state index is 0.0660. The van der Waals surface area contributed by atoms with Crippen molar-refractivity contribution in [2.75, 3.05) is 5.73 Å². The predicted octanol–water partition coefficient (Wildman–Crippen LogP) is 3.39. The van der Waals surface area contributed by atoms with Gasteiger partial charge in [0.15, 0.2) is 5.69 Å². The molecular weight excluding hydrogens is 357 g/mol. The zero-order chi connectivity index (χ0) is 19.3. The van der Waals surface area contributed by atoms with E-state index in [1.54, 1.807) is 12.1 Å². The zero-order valence-electron chi connectivity index (χ0n) is 14.2. The number of nitrogens with two attached hydrogens (primary N) is 2. The molecule has 2 heterocycles. The molecule has 0 saturated heterocycles. The average Bonchev–Trinajstić information content (AvgIpc) is 3.10. The molecule has 1 aliphatic rings. The Morgan fingerprint density at radius 1 is 1.15 bits per heavy atom. The quantitative estimate of drug-likeness (QED) is 0.312. The Morgan fingerprint density at radius 3 is 2.52 bits per heavy atom. The Kier molecular flexibility index (Phi) is 3.83. The van der Waals surface area contributed by atoms with E-state index in [2.05, 4.69) is 15.2 Å². The fraction of sp³-hybridized carbons (Fsp3) is 0.278. The molecule has 140 valence electrons. The van der Waals surface area contributed by atoms with Crippen LogP contribution in [0.5, 0.6) is 0 Å². The lowest BCUT2D eigenvalue weighted by atomic mass is 9.84. The lowest BCUT2D eigenvalue weighted by molar-refractivity contribution is -0.140. The molecule has 0 bridgehead atoms. The van der Waals surface area contributed by atoms with Crippen LogP contribution in [0.25, 0.3) is 22.2 Å². The van der Waals surface area contributed by atoms with Gasteiger partial charge in [0, 0.05) is 22.8 Å². The predicted molar refractivity (Wildman–Crippen MR) is 96.4 cm³/mol. The molecule has 2 aromatic heterocycles. The van der Waals surface area contributed by atoms with Crippen LogP contribution in [-0.4, -0.2) is 21.0 Å². The lowest BCUT2D eigenvalue weighted by Gasteiger charge is -2.23. The molecule has 0 fully saturated rings. The summed E-state index contributed by atoms with van der Waals surface area (Å²) in [5.41, 5.74) is 13.8. The highest BCUT2D eigenvalue weighted by Gasteiger charge is 2.38. The first-order chi connectivity index (χ1) is 12.8. The SMILES string of the molecule is N=C(N)c1c(N)ccc2nc(-c3c[nH]nc3C(F)(F)F)c3c(c12)CCCC3. The highest BCUT2D eigenvalue weighted by molar-refractivity contribution is 6.12. The molecule has 4 rings (SSSR count). The second-order valence-corrected chi connectivity index (χ2v) is 6.61. The van der Waals surface area contributed by atoms with Crippen LogP contribution in [0.15, 0.2) is 18.3 Å². The minimum atomic E-state index is -4.58. The van der Waals surface area contributed by atoms with Crippen molar-refractivity contribution < 1.29 is 13.2 Å². The summed E-state index contributed by atoms with van der Waals surface area (Å²) in [7, 11) is 0. The van der Waals surface area contributed by atoms with E-state index in [9.17, 15) is 13.2 Å². The smallest absolute Gasteiger partial charge is 0.398 e. The third-order valence-corrected chi connectivity index (χ3v) is 4.94. The first-order valence-electron chi connectivity index (χ1n) is 8.48. The molecule has 9 heteroatoms. The van der Waals surface area contributed by atoms with E-state index in [0.29, 0.717) is 35.0 Å². The molecule has 1 aliphatic carbocycles. The van der Waals surface area contributed by atoms with Gasteiger partial charge in [0.1, 0.15) is 5.84 Å². The van der Waals surface area contributed by atoms with E-state index in [1.165, 1.54) is 6.20 Å². The number of aromatic amines is 1. The minimum Gasteiger partial charge on any atom is -0.398 e. The highest BCUT2D eigenvalue weighted by atomic mass is 19.4. The van der Waals surface area contributed by atoms with Crippen LogP contribution in [0, 0.1) is 5.41 Å². The molecule has 0 unspecified atom stereocenters. The molecule has 27 heavy (non-hydrogen) atoms. The van der Waals surface area contributed by atoms with Crippen LogP contribution in [0.3, 0.4) is 0 Å². The third-order valence-electron chi connectivity index (χ3n) is 4.94. The number of rotatable bonds is 2. The Labute approximate surface area is 152 Å². The van der Waals surface area contributed by atoms with Crippen molar-refractivity contribution in [3.05, 3.63) is 40.7 Å². The molecule has 0 aliphatic heterocycles. The van der Waals surface area contributed by atoms with Crippen molar-refractivity contribution in [3.8, 4) is 11.3 Å². The summed E-state index contributed by atoms with van der Waals surface area (Å²) in [5.74, 6) is -0.181. The highest BCUT2D eigenvalue weighted by Crippen LogP contribution is 2.41. The number of aryl methyl sites for hydroxylation is 1. The number of hydrogen-bond donors (Lipinski definition) is 4. The number of alkyl halides is 3. The van der Waals surface area contributed by atoms with Crippen molar-refractivity contribution in [1.82, 2.24) is 15.2 Å². The van der Waals surface area contributed by atoms with Crippen molar-refractivity contribution in [2.45, 2.75) is 31.9 Å². The van der Waals surface area contributed by atoms with E-state index in [1.807, 2.05) is 0 Å². The Balaban J connectivity index is 2.10. The summed E-state index contributed by atoms with van der Waals surface area (Å²) in [4.78, 5) is 4.52. The molecule has 3 aromatic rings. The standard InChI is InChI=1S/C18H17F3N6/c19-18(20,21)16-10(7-25-27-16)15-9-4-2-1-3-8(9)13-12(26-15)6-5-11(22)14(13)17(23)24/h5-7H,1-4,22H2,(H3,23,24)(H,25,27). The number of halogens is 3. The van der Waals surface area contributed by atoms with Crippen LogP contribution >= 0.6 is 0 Å². The van der Waals surface area contributed by atoms with Crippen LogP contribution in [-0.2, 0) is 19.0 Å². The van der Waals surface area contributed by atoms with Crippen molar-refractivity contribution in [1.29, 1.82) is 5.41 Å². The maximum Gasteiger partial charge on any atom is 0.435 e. The summed E-state index contributed by atoms with van der Waals surface area (Å²) >= 11 is 0. The van der Waals surface area contributed by atoms with Crippen LogP contribution in [0.4, 0.5) is 18.9 Å². The fourth-order valence-corrected chi connectivity index (χ4v) is 3.84. The molecule has 0 amide bonds. The first-order valence-corrected chi connectivity index (χ1v) is 8.48. The number of hydrogen-bond acceptors (Lipinski definition) is 4. The lowest BCUT2D eigenvalue weighted by Crippen LogP contribution is -2.17. The van der Waals surface area contributed by atoms with Crippen LogP contribution in [0.2, 0.25) is 0 Å². The zero-order valence-corrected chi connectivity index (χ0v) is 14.2. The van der Waals surface area contributed by atoms with Gasteiger partial charge in [0.05, 0.1) is 16.8 Å². The Morgan fingerprint density at radius 2 is 1.85 bits per heavy atom. The Hall–Kier alpha value is -3.10. The topological polar surface area (TPSA) is 117 Å². The average molecular weight is 374 g/mol. The van der Waals surface area contributed by atoms with Gasteiger partial charge < -0.3 is 11.5 Å². The van der Waals surface area contributed by atoms with Crippen LogP contribution < -0.4 is 11.5 Å². The number of nitrogens with one attached hydrogen (secondary N) is 2. The molecule has 1 aromatic carbocycles. The van der Waals surface area contributed by atoms with Crippen molar-refractivity contribution >= 4 is 22.4 Å². The maximum atomic E-state index is 13.4. The molecule has 6 nitrogen and oxygen atoms in total. The first kappa shape index (κ1) is 17.3. The largest absolute Gasteiger partial charge is 0.435 e. The summed E-state index contributed by atoms with van der Waals surface area (Å²) in [6.45, 7) is 0. The number of amidine groups is 1. The number of aromatic nitrogens is 3. The summed E-state index contributed by atoms with van der Waals surface area (Å²) < 4.78 is 40.1. The number of nitrogens with zero attached hydrogens (tertiary/aromatic N) is 2. The normalized spacial score (nSPS) is 14.3. The van der Waals surface area contributed by atoms with E-state index in [0.717, 1.165) is 24.0 Å². The number of pyridine rings is 1. The maximum absolute atomic E-state index is 13.4. The van der Waals surface area contributed by atoms with E-state index >= 15 is 0 Å². The van der Waals surface area contributed by atoms with Crippen molar-refractivity contribution in [2.24, 2.45) is 5.73 Å². The van der Waals surface area contributed by atoms with E-state index in [-0.39, 0.29) is 17.1 Å². The summed E-state index contributed by atoms with van der Waals surface area (Å²) in [5, 5.41) is 14.3. The summed E-state index contributed by atoms with van der Waals surface area (Å²) in [6.07, 6.45) is -0.333. The monoisotopic (exact) mass is 374 g/mol. The van der Waals surface area contributed by atoms with Gasteiger partial charge in [-0.1, -0.05) is 0 Å². The number of anilines is 1. The second-order valence-electron chi connectivity index (χ2n) is 6.61. The van der Waals surface area contributed by atoms with Gasteiger partial charge in [-0.25, -0.2) is 4.98 Å². The molecular formula is C18H17F3N6.